The first-order valence-corrected chi connectivity index (χ1v) is 21.5. The van der Waals surface area contributed by atoms with E-state index in [2.05, 4.69) is 31.9 Å². The number of rotatable bonds is 25. The zero-order valence-corrected chi connectivity index (χ0v) is 37.2. The van der Waals surface area contributed by atoms with Crippen LogP contribution in [-0.4, -0.2) is 123 Å². The second-order valence-electron chi connectivity index (χ2n) is 16.7. The normalized spacial score (nSPS) is 18.0. The fourth-order valence-corrected chi connectivity index (χ4v) is 6.88. The third-order valence-electron chi connectivity index (χ3n) is 11.2. The maximum Gasteiger partial charge on any atom is 0.326 e. The first-order chi connectivity index (χ1) is 29.1. The number of nitrogens with two attached hydrogens (primary N) is 1. The largest absolute Gasteiger partial charge is 0.481 e. The van der Waals surface area contributed by atoms with Crippen molar-refractivity contribution < 1.29 is 53.4 Å². The molecule has 1 aliphatic rings. The minimum Gasteiger partial charge on any atom is -0.481 e. The molecule has 1 fully saturated rings. The van der Waals surface area contributed by atoms with Crippen LogP contribution in [0.4, 0.5) is 0 Å². The molecule has 0 unspecified atom stereocenters. The minimum absolute atomic E-state index is 0.00809. The Morgan fingerprint density at radius 2 is 1.19 bits per heavy atom. The molecule has 0 spiro atoms. The molecule has 0 saturated carbocycles. The van der Waals surface area contributed by atoms with Crippen molar-refractivity contribution in [2.24, 2.45) is 23.5 Å². The van der Waals surface area contributed by atoms with E-state index in [-0.39, 0.29) is 44.1 Å². The number of likely N-dealkylation sites (tertiary alicyclic amines) is 1. The van der Waals surface area contributed by atoms with Gasteiger partial charge in [0, 0.05) is 19.4 Å². The number of aliphatic carboxylic acids is 2. The summed E-state index contributed by atoms with van der Waals surface area (Å²) in [6.45, 7) is 13.8. The number of carbonyl (C=O) groups is 9. The van der Waals surface area contributed by atoms with Crippen LogP contribution in [0.15, 0.2) is 30.3 Å². The van der Waals surface area contributed by atoms with Crippen LogP contribution < -0.4 is 37.6 Å². The van der Waals surface area contributed by atoms with E-state index < -0.39 is 108 Å². The standard InChI is InChI=1S/C43H68N8O11/c1-9-24(5)34(49-38(56)29(44)18-19-33(52)53)41(59)48-31(22-28-15-12-11-13-16-28)40(58)47-30(21-23(3)4)39(57)46-26(7)36(54)45-27(8)37(55)50-35(25(6)10-2)42(60)51-20-14-17-32(51)43(61)62/h11-13,15-16,23-27,29-32,34-35H,9-10,14,17-22,44H2,1-8H3,(H,45,54)(H,46,57)(H,47,58)(H,48,59)(H,49,56)(H,50,55)(H,52,53)(H,61,62)/t24-,25-,26-,27-,29-,30-,31-,32-,34-,35-/m0/s1. The lowest BCUT2D eigenvalue weighted by molar-refractivity contribution is -0.150. The van der Waals surface area contributed by atoms with Gasteiger partial charge in [-0.3, -0.25) is 38.4 Å². The van der Waals surface area contributed by atoms with E-state index in [1.807, 2.05) is 27.7 Å². The molecule has 10 N–H and O–H groups in total. The summed E-state index contributed by atoms with van der Waals surface area (Å²) < 4.78 is 0. The van der Waals surface area contributed by atoms with Crippen LogP contribution in [0.1, 0.15) is 106 Å². The number of amides is 7. The monoisotopic (exact) mass is 873 g/mol. The van der Waals surface area contributed by atoms with Gasteiger partial charge in [0.25, 0.3) is 0 Å². The van der Waals surface area contributed by atoms with Crippen LogP contribution in [-0.2, 0) is 49.6 Å². The molecule has 2 rings (SSSR count). The Morgan fingerprint density at radius 3 is 1.74 bits per heavy atom. The van der Waals surface area contributed by atoms with Crippen molar-refractivity contribution >= 4 is 53.3 Å². The van der Waals surface area contributed by atoms with E-state index in [9.17, 15) is 48.3 Å². The van der Waals surface area contributed by atoms with Crippen LogP contribution in [0.3, 0.4) is 0 Å². The highest BCUT2D eigenvalue weighted by atomic mass is 16.4. The quantitative estimate of drug-likeness (QED) is 0.0653. The molecule has 62 heavy (non-hydrogen) atoms. The van der Waals surface area contributed by atoms with Crippen LogP contribution in [0, 0.1) is 17.8 Å². The van der Waals surface area contributed by atoms with E-state index in [0.29, 0.717) is 31.2 Å². The zero-order chi connectivity index (χ0) is 46.8. The van der Waals surface area contributed by atoms with Gasteiger partial charge in [0.1, 0.15) is 42.3 Å². The summed E-state index contributed by atoms with van der Waals surface area (Å²) in [4.78, 5) is 119. The fraction of sp³-hybridized carbons (Fsp3) is 0.651. The van der Waals surface area contributed by atoms with Gasteiger partial charge in [-0.25, -0.2) is 4.79 Å². The summed E-state index contributed by atoms with van der Waals surface area (Å²) in [6.07, 6.45) is 1.43. The Bertz CT molecular complexity index is 1730. The molecular formula is C43H68N8O11. The number of hydrogen-bond acceptors (Lipinski definition) is 10. The first-order valence-electron chi connectivity index (χ1n) is 21.5. The second kappa shape index (κ2) is 25.4. The van der Waals surface area contributed by atoms with Gasteiger partial charge in [-0.15, -0.1) is 0 Å². The third-order valence-corrected chi connectivity index (χ3v) is 11.2. The van der Waals surface area contributed by atoms with Crippen LogP contribution in [0.25, 0.3) is 0 Å². The molecule has 0 radical (unpaired) electrons. The topological polar surface area (TPSA) is 296 Å². The molecule has 0 bridgehead atoms. The molecule has 0 aromatic heterocycles. The Morgan fingerprint density at radius 1 is 0.677 bits per heavy atom. The van der Waals surface area contributed by atoms with Gasteiger partial charge in [-0.2, -0.15) is 0 Å². The highest BCUT2D eigenvalue weighted by molar-refractivity contribution is 5.97. The predicted molar refractivity (Wildman–Crippen MR) is 229 cm³/mol. The maximum atomic E-state index is 14.1. The van der Waals surface area contributed by atoms with Crippen molar-refractivity contribution in [3.05, 3.63) is 35.9 Å². The SMILES string of the molecule is CC[C@H](C)[C@H](NC(=O)[C@@H](N)CCC(=O)O)C(=O)N[C@@H](Cc1ccccc1)C(=O)N[C@@H](CC(C)C)C(=O)N[C@@H](C)C(=O)N[C@@H](C)C(=O)N[C@H](C(=O)N1CCC[C@H]1C(=O)O)[C@@H](C)CC. The maximum absolute atomic E-state index is 14.1. The van der Waals surface area contributed by atoms with Crippen molar-refractivity contribution in [2.75, 3.05) is 6.54 Å². The summed E-state index contributed by atoms with van der Waals surface area (Å²) in [6, 6.07) is -0.303. The van der Waals surface area contributed by atoms with E-state index in [1.54, 1.807) is 44.2 Å². The van der Waals surface area contributed by atoms with E-state index in [1.165, 1.54) is 18.7 Å². The Kier molecular flexibility index (Phi) is 21.5. The van der Waals surface area contributed by atoms with Crippen molar-refractivity contribution in [2.45, 2.75) is 155 Å². The zero-order valence-electron chi connectivity index (χ0n) is 37.2. The molecule has 7 amide bonds. The number of nitrogens with one attached hydrogen (secondary N) is 6. The van der Waals surface area contributed by atoms with Crippen molar-refractivity contribution in [3.8, 4) is 0 Å². The average Bonchev–Trinajstić information content (AvgIpc) is 3.73. The lowest BCUT2D eigenvalue weighted by atomic mass is 9.96. The molecule has 1 aliphatic heterocycles. The molecule has 1 saturated heterocycles. The van der Waals surface area contributed by atoms with Gasteiger partial charge >= 0.3 is 11.9 Å². The average molecular weight is 873 g/mol. The van der Waals surface area contributed by atoms with Gasteiger partial charge in [0.05, 0.1) is 6.04 Å². The molecule has 19 heteroatoms. The van der Waals surface area contributed by atoms with Crippen molar-refractivity contribution in [1.82, 2.24) is 36.8 Å². The highest BCUT2D eigenvalue weighted by Gasteiger charge is 2.40. The molecule has 19 nitrogen and oxygen atoms in total. The van der Waals surface area contributed by atoms with Crippen molar-refractivity contribution in [3.63, 3.8) is 0 Å². The molecule has 1 aromatic rings. The lowest BCUT2D eigenvalue weighted by Crippen LogP contribution is -2.60. The van der Waals surface area contributed by atoms with Crippen LogP contribution in [0.5, 0.6) is 0 Å². The summed E-state index contributed by atoms with van der Waals surface area (Å²) in [5.41, 5.74) is 6.59. The Hall–Kier alpha value is -5.59. The number of hydrogen-bond donors (Lipinski definition) is 9. The van der Waals surface area contributed by atoms with Crippen LogP contribution >= 0.6 is 0 Å². The summed E-state index contributed by atoms with van der Waals surface area (Å²) in [7, 11) is 0. The van der Waals surface area contributed by atoms with E-state index in [4.69, 9.17) is 10.8 Å². The highest BCUT2D eigenvalue weighted by Crippen LogP contribution is 2.21. The predicted octanol–water partition coefficient (Wildman–Crippen LogP) is 0.584. The third kappa shape index (κ3) is 16.4. The van der Waals surface area contributed by atoms with E-state index >= 15 is 0 Å². The molecule has 0 aliphatic carbocycles. The molecule has 1 heterocycles. The number of carbonyl (C=O) groups excluding carboxylic acids is 7. The van der Waals surface area contributed by atoms with Gasteiger partial charge in [0.15, 0.2) is 0 Å². The Labute approximate surface area is 363 Å². The molecule has 346 valence electrons. The first kappa shape index (κ1) is 52.5. The second-order valence-corrected chi connectivity index (χ2v) is 16.7. The van der Waals surface area contributed by atoms with Gasteiger partial charge in [0.2, 0.25) is 41.4 Å². The molecule has 10 atom stereocenters. The number of carboxylic acids is 2. The summed E-state index contributed by atoms with van der Waals surface area (Å²) >= 11 is 0. The lowest BCUT2D eigenvalue weighted by Gasteiger charge is -2.31. The van der Waals surface area contributed by atoms with Crippen molar-refractivity contribution in [1.29, 1.82) is 0 Å². The number of carboxylic acid groups (broad SMARTS) is 2. The van der Waals surface area contributed by atoms with Gasteiger partial charge < -0.3 is 52.7 Å². The summed E-state index contributed by atoms with van der Waals surface area (Å²) in [5, 5.41) is 34.5. The molecule has 1 aromatic carbocycles. The Balaban J connectivity index is 2.22. The minimum atomic E-state index is -1.23. The molecular weight excluding hydrogens is 805 g/mol. The fourth-order valence-electron chi connectivity index (χ4n) is 6.88. The number of benzene rings is 1. The smallest absolute Gasteiger partial charge is 0.326 e. The van der Waals surface area contributed by atoms with Crippen LogP contribution in [0.2, 0.25) is 0 Å². The van der Waals surface area contributed by atoms with E-state index in [0.717, 1.165) is 0 Å². The number of nitrogens with zero attached hydrogens (tertiary/aromatic N) is 1. The van der Waals surface area contributed by atoms with Gasteiger partial charge in [-0.1, -0.05) is 84.7 Å². The van der Waals surface area contributed by atoms with Gasteiger partial charge in [-0.05, 0) is 62.8 Å². The summed E-state index contributed by atoms with van der Waals surface area (Å²) in [5.74, 6) is -7.92.